The van der Waals surface area contributed by atoms with Crippen molar-refractivity contribution in [1.82, 2.24) is 5.32 Å². The number of amides is 1. The Kier molecular flexibility index (Phi) is 5.10. The Bertz CT molecular complexity index is 212. The minimum Gasteiger partial charge on any atom is -0.444 e. The molecule has 1 saturated carbocycles. The summed E-state index contributed by atoms with van der Waals surface area (Å²) < 4.78 is 5.21. The van der Waals surface area contributed by atoms with Crippen LogP contribution in [0.15, 0.2) is 0 Å². The van der Waals surface area contributed by atoms with Gasteiger partial charge in [0.05, 0.1) is 0 Å². The van der Waals surface area contributed by atoms with Crippen LogP contribution in [0.25, 0.3) is 0 Å². The molecule has 94 valence electrons. The second kappa shape index (κ2) is 6.12. The average molecular weight is 227 g/mol. The summed E-state index contributed by atoms with van der Waals surface area (Å²) in [6.07, 6.45) is 7.52. The van der Waals surface area contributed by atoms with E-state index in [1.54, 1.807) is 0 Å². The van der Waals surface area contributed by atoms with Gasteiger partial charge in [-0.15, -0.1) is 0 Å². The molecule has 0 radical (unpaired) electrons. The Morgan fingerprint density at radius 1 is 1.19 bits per heavy atom. The van der Waals surface area contributed by atoms with Gasteiger partial charge in [-0.3, -0.25) is 0 Å². The van der Waals surface area contributed by atoms with Crippen LogP contribution >= 0.6 is 0 Å². The van der Waals surface area contributed by atoms with Crippen LogP contribution in [-0.2, 0) is 4.74 Å². The number of rotatable bonds is 2. The van der Waals surface area contributed by atoms with Crippen LogP contribution in [0, 0.1) is 5.92 Å². The zero-order valence-corrected chi connectivity index (χ0v) is 10.8. The third kappa shape index (κ3) is 5.99. The molecule has 3 heteroatoms. The summed E-state index contributed by atoms with van der Waals surface area (Å²) in [5, 5.41) is 2.88. The predicted octanol–water partition coefficient (Wildman–Crippen LogP) is 3.48. The summed E-state index contributed by atoms with van der Waals surface area (Å²) in [5.41, 5.74) is -0.395. The molecule has 1 rings (SSSR count). The lowest BCUT2D eigenvalue weighted by Gasteiger charge is -2.21. The highest BCUT2D eigenvalue weighted by molar-refractivity contribution is 5.67. The van der Waals surface area contributed by atoms with Gasteiger partial charge >= 0.3 is 6.09 Å². The molecule has 0 aromatic heterocycles. The van der Waals surface area contributed by atoms with E-state index in [1.165, 1.54) is 38.5 Å². The molecule has 0 atom stereocenters. The Hall–Kier alpha value is -0.730. The summed E-state index contributed by atoms with van der Waals surface area (Å²) in [7, 11) is 0. The summed E-state index contributed by atoms with van der Waals surface area (Å²) in [6.45, 7) is 6.43. The van der Waals surface area contributed by atoms with Gasteiger partial charge in [0.15, 0.2) is 0 Å². The van der Waals surface area contributed by atoms with Crippen LogP contribution in [0.1, 0.15) is 59.3 Å². The third-order valence-corrected chi connectivity index (χ3v) is 2.91. The molecule has 0 spiro atoms. The number of hydrogen-bond donors (Lipinski definition) is 1. The van der Waals surface area contributed by atoms with E-state index in [9.17, 15) is 4.79 Å². The molecule has 0 aromatic carbocycles. The normalized spacial score (nSPS) is 18.9. The van der Waals surface area contributed by atoms with Crippen molar-refractivity contribution in [3.8, 4) is 0 Å². The number of hydrogen-bond acceptors (Lipinski definition) is 2. The molecule has 1 N–H and O–H groups in total. The maximum atomic E-state index is 11.5. The van der Waals surface area contributed by atoms with Gasteiger partial charge in [0.1, 0.15) is 5.60 Å². The van der Waals surface area contributed by atoms with Crippen molar-refractivity contribution in [3.05, 3.63) is 0 Å². The van der Waals surface area contributed by atoms with Gasteiger partial charge < -0.3 is 10.1 Å². The highest BCUT2D eigenvalue weighted by Gasteiger charge is 2.18. The number of carbonyl (C=O) groups is 1. The van der Waals surface area contributed by atoms with Crippen molar-refractivity contribution in [3.63, 3.8) is 0 Å². The van der Waals surface area contributed by atoms with E-state index in [2.05, 4.69) is 5.32 Å². The third-order valence-electron chi connectivity index (χ3n) is 2.91. The lowest BCUT2D eigenvalue weighted by molar-refractivity contribution is 0.0517. The molecular weight excluding hydrogens is 202 g/mol. The van der Waals surface area contributed by atoms with Crippen LogP contribution in [0.2, 0.25) is 0 Å². The second-order valence-corrected chi connectivity index (χ2v) is 5.74. The van der Waals surface area contributed by atoms with Crippen molar-refractivity contribution in [2.45, 2.75) is 64.9 Å². The number of nitrogens with one attached hydrogen (secondary N) is 1. The number of carbonyl (C=O) groups excluding carboxylic acids is 1. The Morgan fingerprint density at radius 3 is 2.25 bits per heavy atom. The SMILES string of the molecule is CC(C)(C)OC(=O)NCC1CCCCCC1. The number of ether oxygens (including phenoxy) is 1. The van der Waals surface area contributed by atoms with Gasteiger partial charge in [0.25, 0.3) is 0 Å². The lowest BCUT2D eigenvalue weighted by Crippen LogP contribution is -2.35. The first kappa shape index (κ1) is 13.3. The van der Waals surface area contributed by atoms with Gasteiger partial charge in [-0.1, -0.05) is 25.7 Å². The molecule has 1 aliphatic rings. The molecule has 0 saturated heterocycles. The molecule has 0 bridgehead atoms. The van der Waals surface area contributed by atoms with Gasteiger partial charge in [-0.05, 0) is 39.5 Å². The molecule has 16 heavy (non-hydrogen) atoms. The number of alkyl carbamates (subject to hydrolysis) is 1. The Morgan fingerprint density at radius 2 is 1.75 bits per heavy atom. The lowest BCUT2D eigenvalue weighted by atomic mass is 10.0. The van der Waals surface area contributed by atoms with Crippen molar-refractivity contribution < 1.29 is 9.53 Å². The van der Waals surface area contributed by atoms with Crippen LogP contribution in [0.3, 0.4) is 0 Å². The fourth-order valence-electron chi connectivity index (χ4n) is 2.11. The summed E-state index contributed by atoms with van der Waals surface area (Å²) in [6, 6.07) is 0. The molecule has 3 nitrogen and oxygen atoms in total. The summed E-state index contributed by atoms with van der Waals surface area (Å²) in [4.78, 5) is 11.5. The van der Waals surface area contributed by atoms with Gasteiger partial charge in [-0.25, -0.2) is 4.79 Å². The van der Waals surface area contributed by atoms with Crippen molar-refractivity contribution >= 4 is 6.09 Å². The summed E-state index contributed by atoms with van der Waals surface area (Å²) >= 11 is 0. The molecule has 1 aliphatic carbocycles. The molecule has 0 unspecified atom stereocenters. The first-order valence-electron chi connectivity index (χ1n) is 6.44. The average Bonchev–Trinajstić information content (AvgIpc) is 2.39. The van der Waals surface area contributed by atoms with E-state index in [1.807, 2.05) is 20.8 Å². The summed E-state index contributed by atoms with van der Waals surface area (Å²) in [5.74, 6) is 0.648. The predicted molar refractivity (Wildman–Crippen MR) is 65.4 cm³/mol. The van der Waals surface area contributed by atoms with E-state index in [-0.39, 0.29) is 6.09 Å². The molecule has 0 heterocycles. The Balaban J connectivity index is 2.20. The second-order valence-electron chi connectivity index (χ2n) is 5.74. The highest BCUT2D eigenvalue weighted by atomic mass is 16.6. The van der Waals surface area contributed by atoms with Gasteiger partial charge in [0, 0.05) is 6.54 Å². The fourth-order valence-corrected chi connectivity index (χ4v) is 2.11. The van der Waals surface area contributed by atoms with E-state index in [0.29, 0.717) is 5.92 Å². The monoisotopic (exact) mass is 227 g/mol. The zero-order valence-electron chi connectivity index (χ0n) is 10.8. The van der Waals surface area contributed by atoms with E-state index in [4.69, 9.17) is 4.74 Å². The van der Waals surface area contributed by atoms with Gasteiger partial charge in [-0.2, -0.15) is 0 Å². The zero-order chi connectivity index (χ0) is 12.0. The highest BCUT2D eigenvalue weighted by Crippen LogP contribution is 2.22. The quantitative estimate of drug-likeness (QED) is 0.733. The largest absolute Gasteiger partial charge is 0.444 e. The molecule has 1 amide bonds. The van der Waals surface area contributed by atoms with E-state index >= 15 is 0 Å². The fraction of sp³-hybridized carbons (Fsp3) is 0.923. The van der Waals surface area contributed by atoms with E-state index < -0.39 is 5.60 Å². The van der Waals surface area contributed by atoms with Crippen LogP contribution in [0.4, 0.5) is 4.79 Å². The maximum absolute atomic E-state index is 11.5. The van der Waals surface area contributed by atoms with Crippen molar-refractivity contribution in [2.75, 3.05) is 6.54 Å². The first-order chi connectivity index (χ1) is 7.47. The van der Waals surface area contributed by atoms with Crippen LogP contribution in [-0.4, -0.2) is 18.2 Å². The van der Waals surface area contributed by atoms with Crippen molar-refractivity contribution in [1.29, 1.82) is 0 Å². The topological polar surface area (TPSA) is 38.3 Å². The Labute approximate surface area is 98.9 Å². The maximum Gasteiger partial charge on any atom is 0.407 e. The first-order valence-corrected chi connectivity index (χ1v) is 6.44. The molecule has 1 fully saturated rings. The van der Waals surface area contributed by atoms with Crippen LogP contribution < -0.4 is 5.32 Å². The molecule has 0 aliphatic heterocycles. The minimum atomic E-state index is -0.395. The van der Waals surface area contributed by atoms with Crippen LogP contribution in [0.5, 0.6) is 0 Å². The van der Waals surface area contributed by atoms with Gasteiger partial charge in [0.2, 0.25) is 0 Å². The minimum absolute atomic E-state index is 0.281. The smallest absolute Gasteiger partial charge is 0.407 e. The molecular formula is C13H25NO2. The molecule has 0 aromatic rings. The van der Waals surface area contributed by atoms with E-state index in [0.717, 1.165) is 6.54 Å². The standard InChI is InChI=1S/C13H25NO2/c1-13(2,3)16-12(15)14-10-11-8-6-4-5-7-9-11/h11H,4-10H2,1-3H3,(H,14,15). The van der Waals surface area contributed by atoms with Crippen molar-refractivity contribution in [2.24, 2.45) is 5.92 Å².